The Morgan fingerprint density at radius 1 is 1.38 bits per heavy atom. The molecule has 21 heavy (non-hydrogen) atoms. The second-order valence-corrected chi connectivity index (χ2v) is 5.63. The van der Waals surface area contributed by atoms with Gasteiger partial charge in [-0.05, 0) is 37.1 Å². The number of hydrogen-bond acceptors (Lipinski definition) is 6. The molecule has 1 fully saturated rings. The van der Waals surface area contributed by atoms with E-state index in [9.17, 15) is 4.79 Å². The summed E-state index contributed by atoms with van der Waals surface area (Å²) in [5, 5.41) is 19.7. The van der Waals surface area contributed by atoms with E-state index in [2.05, 4.69) is 15.5 Å². The molecular weight excluding hydrogens is 288 g/mol. The molecule has 1 N–H and O–H groups in total. The first-order valence-electron chi connectivity index (χ1n) is 6.51. The molecule has 0 radical (unpaired) electrons. The molecule has 2 aromatic rings. The fourth-order valence-corrected chi connectivity index (χ4v) is 2.30. The van der Waals surface area contributed by atoms with Crippen LogP contribution in [0, 0.1) is 11.3 Å². The third kappa shape index (κ3) is 3.61. The number of aromatic nitrogens is 2. The van der Waals surface area contributed by atoms with E-state index in [1.807, 2.05) is 6.07 Å². The Morgan fingerprint density at radius 2 is 2.14 bits per heavy atom. The van der Waals surface area contributed by atoms with Crippen molar-refractivity contribution in [2.75, 3.05) is 11.1 Å². The lowest BCUT2D eigenvalue weighted by molar-refractivity contribution is -0.113. The lowest BCUT2D eigenvalue weighted by Gasteiger charge is -2.03. The van der Waals surface area contributed by atoms with Crippen molar-refractivity contribution in [3.8, 4) is 6.07 Å². The molecule has 0 saturated heterocycles. The van der Waals surface area contributed by atoms with Crippen LogP contribution in [0.25, 0.3) is 0 Å². The summed E-state index contributed by atoms with van der Waals surface area (Å²) in [6.07, 6.45) is 2.21. The lowest BCUT2D eigenvalue weighted by Crippen LogP contribution is -2.13. The van der Waals surface area contributed by atoms with E-state index >= 15 is 0 Å². The van der Waals surface area contributed by atoms with Crippen LogP contribution >= 0.6 is 11.8 Å². The molecule has 0 bridgehead atoms. The van der Waals surface area contributed by atoms with Crippen LogP contribution in [0.4, 0.5) is 5.69 Å². The highest BCUT2D eigenvalue weighted by Crippen LogP contribution is 2.39. The van der Waals surface area contributed by atoms with Crippen molar-refractivity contribution in [2.45, 2.75) is 24.0 Å². The van der Waals surface area contributed by atoms with Crippen LogP contribution in [0.15, 0.2) is 33.9 Å². The summed E-state index contributed by atoms with van der Waals surface area (Å²) < 4.78 is 5.46. The summed E-state index contributed by atoms with van der Waals surface area (Å²) in [4.78, 5) is 11.8. The third-order valence-corrected chi connectivity index (χ3v) is 3.79. The second kappa shape index (κ2) is 5.97. The molecule has 1 aliphatic rings. The highest BCUT2D eigenvalue weighted by molar-refractivity contribution is 7.99. The Morgan fingerprint density at radius 3 is 2.81 bits per heavy atom. The summed E-state index contributed by atoms with van der Waals surface area (Å²) in [6, 6.07) is 8.72. The number of carbonyl (C=O) groups is 1. The van der Waals surface area contributed by atoms with Gasteiger partial charge in [-0.2, -0.15) is 5.26 Å². The Labute approximate surface area is 125 Å². The van der Waals surface area contributed by atoms with E-state index < -0.39 is 0 Å². The average Bonchev–Trinajstić information content (AvgIpc) is 3.25. The second-order valence-electron chi connectivity index (χ2n) is 4.71. The van der Waals surface area contributed by atoms with Gasteiger partial charge in [0.2, 0.25) is 11.8 Å². The standard InChI is InChI=1S/C14H12N4O2S/c15-7-9-1-5-11(6-2-9)16-12(19)8-21-14-18-17-13(20-14)10-3-4-10/h1-2,5-6,10H,3-4,8H2,(H,16,19). The van der Waals surface area contributed by atoms with Crippen LogP contribution in [0.5, 0.6) is 0 Å². The number of amides is 1. The highest BCUT2D eigenvalue weighted by atomic mass is 32.2. The minimum atomic E-state index is -0.157. The predicted molar refractivity (Wildman–Crippen MR) is 76.8 cm³/mol. The van der Waals surface area contributed by atoms with Gasteiger partial charge in [-0.25, -0.2) is 0 Å². The van der Waals surface area contributed by atoms with Crippen molar-refractivity contribution < 1.29 is 9.21 Å². The van der Waals surface area contributed by atoms with Gasteiger partial charge in [0.25, 0.3) is 5.22 Å². The van der Waals surface area contributed by atoms with Crippen LogP contribution in [-0.4, -0.2) is 21.9 Å². The first-order valence-corrected chi connectivity index (χ1v) is 7.49. The smallest absolute Gasteiger partial charge is 0.277 e. The van der Waals surface area contributed by atoms with Crippen molar-refractivity contribution in [1.82, 2.24) is 10.2 Å². The summed E-state index contributed by atoms with van der Waals surface area (Å²) in [5.41, 5.74) is 1.21. The monoisotopic (exact) mass is 300 g/mol. The van der Waals surface area contributed by atoms with Gasteiger partial charge in [0.15, 0.2) is 0 Å². The average molecular weight is 300 g/mol. The highest BCUT2D eigenvalue weighted by Gasteiger charge is 2.29. The van der Waals surface area contributed by atoms with Crippen molar-refractivity contribution >= 4 is 23.4 Å². The van der Waals surface area contributed by atoms with Gasteiger partial charge in [0, 0.05) is 11.6 Å². The SMILES string of the molecule is N#Cc1ccc(NC(=O)CSc2nnc(C3CC3)o2)cc1. The number of benzene rings is 1. The molecule has 0 spiro atoms. The van der Waals surface area contributed by atoms with E-state index in [-0.39, 0.29) is 11.7 Å². The Balaban J connectivity index is 1.49. The van der Waals surface area contributed by atoms with Gasteiger partial charge < -0.3 is 9.73 Å². The van der Waals surface area contributed by atoms with Crippen molar-refractivity contribution in [3.05, 3.63) is 35.7 Å². The fourth-order valence-electron chi connectivity index (χ4n) is 1.73. The van der Waals surface area contributed by atoms with Crippen LogP contribution in [-0.2, 0) is 4.79 Å². The normalized spacial score (nSPS) is 13.7. The fraction of sp³-hybridized carbons (Fsp3) is 0.286. The zero-order chi connectivity index (χ0) is 14.7. The van der Waals surface area contributed by atoms with Gasteiger partial charge in [0.1, 0.15) is 0 Å². The van der Waals surface area contributed by atoms with Crippen molar-refractivity contribution in [1.29, 1.82) is 5.26 Å². The van der Waals surface area contributed by atoms with Gasteiger partial charge in [-0.15, -0.1) is 10.2 Å². The maximum atomic E-state index is 11.8. The molecule has 1 aliphatic carbocycles. The lowest BCUT2D eigenvalue weighted by atomic mass is 10.2. The number of anilines is 1. The molecule has 0 atom stereocenters. The van der Waals surface area contributed by atoms with E-state index in [0.29, 0.717) is 28.3 Å². The van der Waals surface area contributed by atoms with Gasteiger partial charge >= 0.3 is 0 Å². The quantitative estimate of drug-likeness (QED) is 0.853. The number of nitriles is 1. The molecule has 1 heterocycles. The van der Waals surface area contributed by atoms with Crippen LogP contribution < -0.4 is 5.32 Å². The molecule has 7 heteroatoms. The molecule has 106 valence electrons. The molecule has 0 aliphatic heterocycles. The van der Waals surface area contributed by atoms with Gasteiger partial charge in [0.05, 0.1) is 17.4 Å². The van der Waals surface area contributed by atoms with Crippen LogP contribution in [0.2, 0.25) is 0 Å². The number of rotatable bonds is 5. The van der Waals surface area contributed by atoms with E-state index in [1.165, 1.54) is 11.8 Å². The number of nitrogens with one attached hydrogen (secondary N) is 1. The first kappa shape index (κ1) is 13.6. The Kier molecular flexibility index (Phi) is 3.88. The largest absolute Gasteiger partial charge is 0.416 e. The van der Waals surface area contributed by atoms with Gasteiger partial charge in [-0.3, -0.25) is 4.79 Å². The molecule has 1 aromatic heterocycles. The van der Waals surface area contributed by atoms with Crippen molar-refractivity contribution in [3.63, 3.8) is 0 Å². The first-order chi connectivity index (χ1) is 10.2. The van der Waals surface area contributed by atoms with Crippen LogP contribution in [0.1, 0.15) is 30.2 Å². The Bertz CT molecular complexity index is 686. The molecule has 0 unspecified atom stereocenters. The van der Waals surface area contributed by atoms with Crippen LogP contribution in [0.3, 0.4) is 0 Å². The number of hydrogen-bond donors (Lipinski definition) is 1. The minimum absolute atomic E-state index is 0.157. The Hall–Kier alpha value is -2.33. The van der Waals surface area contributed by atoms with E-state index in [4.69, 9.17) is 9.68 Å². The zero-order valence-electron chi connectivity index (χ0n) is 11.1. The number of nitrogens with zero attached hydrogens (tertiary/aromatic N) is 3. The summed E-state index contributed by atoms with van der Waals surface area (Å²) in [5.74, 6) is 1.13. The molecular formula is C14H12N4O2S. The molecule has 1 aromatic carbocycles. The summed E-state index contributed by atoms with van der Waals surface area (Å²) in [7, 11) is 0. The molecule has 3 rings (SSSR count). The van der Waals surface area contributed by atoms with Gasteiger partial charge in [-0.1, -0.05) is 11.8 Å². The summed E-state index contributed by atoms with van der Waals surface area (Å²) in [6.45, 7) is 0. The minimum Gasteiger partial charge on any atom is -0.416 e. The molecule has 6 nitrogen and oxygen atoms in total. The zero-order valence-corrected chi connectivity index (χ0v) is 11.9. The topological polar surface area (TPSA) is 91.8 Å². The number of carbonyl (C=O) groups excluding carboxylic acids is 1. The maximum absolute atomic E-state index is 11.8. The van der Waals surface area contributed by atoms with E-state index in [1.54, 1.807) is 24.3 Å². The predicted octanol–water partition coefficient (Wildman–Crippen LogP) is 2.55. The van der Waals surface area contributed by atoms with E-state index in [0.717, 1.165) is 12.8 Å². The maximum Gasteiger partial charge on any atom is 0.277 e. The molecule has 1 amide bonds. The summed E-state index contributed by atoms with van der Waals surface area (Å²) >= 11 is 1.22. The number of thioether (sulfide) groups is 1. The van der Waals surface area contributed by atoms with Crippen molar-refractivity contribution in [2.24, 2.45) is 0 Å². The third-order valence-electron chi connectivity index (χ3n) is 2.97. The molecule has 1 saturated carbocycles.